The van der Waals surface area contributed by atoms with E-state index in [0.717, 1.165) is 33.6 Å². The van der Waals surface area contributed by atoms with E-state index >= 15 is 0 Å². The van der Waals surface area contributed by atoms with Gasteiger partial charge in [-0.2, -0.15) is 0 Å². The molecule has 1 saturated heterocycles. The van der Waals surface area contributed by atoms with Crippen molar-refractivity contribution in [3.8, 4) is 5.75 Å². The smallest absolute Gasteiger partial charge is 0.305 e. The van der Waals surface area contributed by atoms with E-state index in [0.29, 0.717) is 14.9 Å². The van der Waals surface area contributed by atoms with Gasteiger partial charge in [0, 0.05) is 45.6 Å². The molecule has 3 heterocycles. The van der Waals surface area contributed by atoms with Crippen LogP contribution in [-0.2, 0) is 16.2 Å². The summed E-state index contributed by atoms with van der Waals surface area (Å²) in [7, 11) is 0. The second-order valence-corrected chi connectivity index (χ2v) is 12.0. The molecule has 3 aromatic carbocycles. The Morgan fingerprint density at radius 1 is 0.905 bits per heavy atom. The summed E-state index contributed by atoms with van der Waals surface area (Å²) in [6.45, 7) is 0.0789. The van der Waals surface area contributed by atoms with Crippen LogP contribution >= 0.6 is 34.7 Å². The van der Waals surface area contributed by atoms with E-state index in [4.69, 9.17) is 16.3 Å². The highest BCUT2D eigenvalue weighted by molar-refractivity contribution is 8.00. The van der Waals surface area contributed by atoms with Crippen molar-refractivity contribution in [1.82, 2.24) is 4.98 Å². The fourth-order valence-electron chi connectivity index (χ4n) is 5.10. The van der Waals surface area contributed by atoms with E-state index in [1.807, 2.05) is 0 Å². The summed E-state index contributed by atoms with van der Waals surface area (Å²) in [5, 5.41) is 22.9. The van der Waals surface area contributed by atoms with Gasteiger partial charge in [0.1, 0.15) is 17.6 Å². The van der Waals surface area contributed by atoms with Crippen molar-refractivity contribution in [3.63, 3.8) is 0 Å². The molecule has 12 nitrogen and oxygen atoms in total. The number of hydrogen-bond donors (Lipinski definition) is 1. The normalized spacial score (nSPS) is 19.4. The maximum atomic E-state index is 14.0. The molecule has 0 spiro atoms. The van der Waals surface area contributed by atoms with E-state index < -0.39 is 43.6 Å². The number of carbonyl (C=O) groups excluding carboxylic acids is 2. The summed E-state index contributed by atoms with van der Waals surface area (Å²) in [5.74, 6) is -2.91. The Hall–Kier alpha value is -4.53. The Bertz CT molecular complexity index is 1820. The third-order valence-electron chi connectivity index (χ3n) is 6.99. The number of nitrogens with one attached hydrogen (secondary N) is 1. The SMILES string of the molecule is O=C1C2Sc3[nH]c(=O)sc3[C@H](c3cc([N+](=O)[O-])ccc3OCc3ccc(Cl)cc3)C2C(=O)N1c1ccc([N+](=O)[O-])cc1. The third-order valence-corrected chi connectivity index (χ3v) is 9.64. The number of halogens is 1. The van der Waals surface area contributed by atoms with Crippen molar-refractivity contribution in [1.29, 1.82) is 0 Å². The minimum atomic E-state index is -1.04. The van der Waals surface area contributed by atoms with Gasteiger partial charge in [0.05, 0.1) is 26.5 Å². The number of aromatic nitrogens is 1. The van der Waals surface area contributed by atoms with Gasteiger partial charge in [0.2, 0.25) is 11.8 Å². The van der Waals surface area contributed by atoms with Crippen LogP contribution in [0.4, 0.5) is 17.1 Å². The number of carbonyl (C=O) groups is 2. The number of rotatable bonds is 7. The average Bonchev–Trinajstić information content (AvgIpc) is 3.46. The van der Waals surface area contributed by atoms with Crippen LogP contribution in [0.15, 0.2) is 76.6 Å². The van der Waals surface area contributed by atoms with Gasteiger partial charge in [0.25, 0.3) is 11.4 Å². The lowest BCUT2D eigenvalue weighted by molar-refractivity contribution is -0.385. The van der Waals surface area contributed by atoms with Gasteiger partial charge in [-0.1, -0.05) is 46.8 Å². The number of nitro groups is 2. The van der Waals surface area contributed by atoms with Gasteiger partial charge in [-0.25, -0.2) is 4.90 Å². The van der Waals surface area contributed by atoms with Gasteiger partial charge < -0.3 is 9.72 Å². The molecule has 3 atom stereocenters. The van der Waals surface area contributed by atoms with Gasteiger partial charge >= 0.3 is 4.87 Å². The van der Waals surface area contributed by atoms with Crippen LogP contribution in [0.25, 0.3) is 0 Å². The summed E-state index contributed by atoms with van der Waals surface area (Å²) in [6.07, 6.45) is 0. The second kappa shape index (κ2) is 10.7. The molecule has 42 heavy (non-hydrogen) atoms. The standard InChI is InChI=1S/C27H17ClN4O8S2/c28-14-3-1-13(2-4-14)12-40-19-10-9-17(32(38)39)11-18(19)20-21-23(41-24-22(20)42-27(35)29-24)26(34)30(25(21)33)15-5-7-16(8-6-15)31(36)37/h1-11,20-21,23H,12H2,(H,29,35)/t20-,21?,23?/m1/s1. The lowest BCUT2D eigenvalue weighted by Crippen LogP contribution is -2.32. The highest BCUT2D eigenvalue weighted by atomic mass is 35.5. The molecule has 1 N–H and O–H groups in total. The molecule has 1 aromatic heterocycles. The first-order chi connectivity index (χ1) is 20.1. The third kappa shape index (κ3) is 4.82. The Balaban J connectivity index is 1.45. The second-order valence-electron chi connectivity index (χ2n) is 9.43. The van der Waals surface area contributed by atoms with E-state index in [1.165, 1.54) is 42.5 Å². The Morgan fingerprint density at radius 2 is 1.57 bits per heavy atom. The molecule has 0 bridgehead atoms. The molecular formula is C27H17ClN4O8S2. The van der Waals surface area contributed by atoms with Crippen LogP contribution < -0.4 is 14.5 Å². The zero-order valence-corrected chi connectivity index (χ0v) is 23.5. The lowest BCUT2D eigenvalue weighted by Gasteiger charge is -2.30. The summed E-state index contributed by atoms with van der Waals surface area (Å²) in [4.78, 5) is 65.6. The molecular weight excluding hydrogens is 608 g/mol. The molecule has 0 aliphatic carbocycles. The zero-order chi connectivity index (χ0) is 29.7. The fourth-order valence-corrected chi connectivity index (χ4v) is 7.73. The minimum absolute atomic E-state index is 0.0789. The first-order valence-corrected chi connectivity index (χ1v) is 14.4. The average molecular weight is 625 g/mol. The number of thioether (sulfide) groups is 1. The molecule has 0 saturated carbocycles. The minimum Gasteiger partial charge on any atom is -0.489 e. The number of anilines is 1. The number of ether oxygens (including phenoxy) is 1. The maximum Gasteiger partial charge on any atom is 0.305 e. The molecule has 2 aliphatic rings. The highest BCUT2D eigenvalue weighted by Crippen LogP contribution is 2.55. The first-order valence-electron chi connectivity index (χ1n) is 12.3. The fraction of sp³-hybridized carbons (Fsp3) is 0.148. The number of aromatic amines is 1. The zero-order valence-electron chi connectivity index (χ0n) is 21.1. The first kappa shape index (κ1) is 27.6. The summed E-state index contributed by atoms with van der Waals surface area (Å²) < 4.78 is 6.10. The van der Waals surface area contributed by atoms with Crippen LogP contribution in [0, 0.1) is 26.1 Å². The quantitative estimate of drug-likeness (QED) is 0.163. The van der Waals surface area contributed by atoms with Crippen LogP contribution in [0.1, 0.15) is 21.9 Å². The molecule has 4 aromatic rings. The van der Waals surface area contributed by atoms with Crippen molar-refractivity contribution in [3.05, 3.63) is 118 Å². The lowest BCUT2D eigenvalue weighted by atomic mass is 9.82. The van der Waals surface area contributed by atoms with Crippen LogP contribution in [-0.4, -0.2) is 31.9 Å². The van der Waals surface area contributed by atoms with Crippen molar-refractivity contribution < 1.29 is 24.2 Å². The molecule has 6 rings (SSSR count). The predicted molar refractivity (Wildman–Crippen MR) is 154 cm³/mol. The Morgan fingerprint density at radius 3 is 2.24 bits per heavy atom. The van der Waals surface area contributed by atoms with Gasteiger partial charge in [-0.3, -0.25) is 34.6 Å². The molecule has 0 radical (unpaired) electrons. The number of amides is 2. The van der Waals surface area contributed by atoms with Crippen molar-refractivity contribution in [2.24, 2.45) is 5.92 Å². The van der Waals surface area contributed by atoms with Crippen LogP contribution in [0.5, 0.6) is 5.75 Å². The molecule has 2 unspecified atom stereocenters. The molecule has 2 amide bonds. The Kier molecular flexibility index (Phi) is 7.04. The van der Waals surface area contributed by atoms with Gasteiger partial charge in [-0.15, -0.1) is 0 Å². The molecule has 212 valence electrons. The number of benzene rings is 3. The summed E-state index contributed by atoms with van der Waals surface area (Å²) in [6, 6.07) is 15.9. The van der Waals surface area contributed by atoms with Gasteiger partial charge in [-0.05, 0) is 35.9 Å². The van der Waals surface area contributed by atoms with Crippen molar-refractivity contribution >= 4 is 63.6 Å². The highest BCUT2D eigenvalue weighted by Gasteiger charge is 2.57. The largest absolute Gasteiger partial charge is 0.489 e. The number of H-pyrrole nitrogens is 1. The topological polar surface area (TPSA) is 166 Å². The number of thiazole rings is 1. The van der Waals surface area contributed by atoms with E-state index in [1.54, 1.807) is 24.3 Å². The monoisotopic (exact) mass is 624 g/mol. The van der Waals surface area contributed by atoms with E-state index in [9.17, 15) is 34.6 Å². The number of nitrogens with zero attached hydrogens (tertiary/aromatic N) is 3. The summed E-state index contributed by atoms with van der Waals surface area (Å²) >= 11 is 7.88. The van der Waals surface area contributed by atoms with Crippen LogP contribution in [0.2, 0.25) is 5.02 Å². The Labute approximate surface area is 249 Å². The van der Waals surface area contributed by atoms with Crippen LogP contribution in [0.3, 0.4) is 0 Å². The molecule has 1 fully saturated rings. The maximum absolute atomic E-state index is 14.0. The van der Waals surface area contributed by atoms with Gasteiger partial charge in [0.15, 0.2) is 0 Å². The number of nitro benzene ring substituents is 2. The number of hydrogen-bond acceptors (Lipinski definition) is 10. The van der Waals surface area contributed by atoms with E-state index in [2.05, 4.69) is 4.98 Å². The predicted octanol–water partition coefficient (Wildman–Crippen LogP) is 5.28. The number of imide groups is 1. The van der Waals surface area contributed by atoms with Crippen molar-refractivity contribution in [2.45, 2.75) is 22.8 Å². The molecule has 15 heteroatoms. The number of fused-ring (bicyclic) bond motifs is 2. The van der Waals surface area contributed by atoms with E-state index in [-0.39, 0.29) is 35.0 Å². The van der Waals surface area contributed by atoms with Crippen molar-refractivity contribution in [2.75, 3.05) is 4.90 Å². The summed E-state index contributed by atoms with van der Waals surface area (Å²) in [5.41, 5.74) is 0.730. The number of non-ortho nitro benzene ring substituents is 2. The molecule has 2 aliphatic heterocycles.